The molecule has 0 atom stereocenters. The number of hydrogen-bond acceptors (Lipinski definition) is 5. The van der Waals surface area contributed by atoms with Crippen LogP contribution in [-0.2, 0) is 24.1 Å². The molecular weight excluding hydrogens is 346 g/mol. The third-order valence-corrected chi connectivity index (χ3v) is 5.54. The smallest absolute Gasteiger partial charge is 0.226 e. The summed E-state index contributed by atoms with van der Waals surface area (Å²) in [6, 6.07) is 10.1. The number of carbonyl (C=O) groups excluding carboxylic acids is 1. The Hall–Kier alpha value is -2.47. The predicted molar refractivity (Wildman–Crippen MR) is 102 cm³/mol. The lowest BCUT2D eigenvalue weighted by Crippen LogP contribution is -2.15. The molecular formula is C20H21N3O2S. The van der Waals surface area contributed by atoms with Gasteiger partial charge in [-0.05, 0) is 60.7 Å². The topological polar surface area (TPSA) is 68.0 Å². The Morgan fingerprint density at radius 1 is 1.19 bits per heavy atom. The Morgan fingerprint density at radius 3 is 3.00 bits per heavy atom. The van der Waals surface area contributed by atoms with Crippen molar-refractivity contribution in [1.29, 1.82) is 0 Å². The molecule has 0 saturated heterocycles. The Bertz CT molecular complexity index is 886. The van der Waals surface area contributed by atoms with Crippen molar-refractivity contribution in [2.75, 3.05) is 5.32 Å². The van der Waals surface area contributed by atoms with Crippen LogP contribution in [0, 0.1) is 0 Å². The van der Waals surface area contributed by atoms with E-state index in [0.29, 0.717) is 31.0 Å². The Morgan fingerprint density at radius 2 is 2.12 bits per heavy atom. The maximum Gasteiger partial charge on any atom is 0.226 e. The Balaban J connectivity index is 1.30. The molecule has 5 nitrogen and oxygen atoms in total. The van der Waals surface area contributed by atoms with Crippen LogP contribution in [0.4, 0.5) is 5.69 Å². The van der Waals surface area contributed by atoms with E-state index in [1.807, 2.05) is 29.6 Å². The van der Waals surface area contributed by atoms with E-state index >= 15 is 0 Å². The lowest BCUT2D eigenvalue weighted by atomic mass is 9.90. The minimum absolute atomic E-state index is 0.0435. The van der Waals surface area contributed by atoms with Crippen LogP contribution in [0.1, 0.15) is 42.7 Å². The Labute approximate surface area is 156 Å². The zero-order valence-corrected chi connectivity index (χ0v) is 15.3. The lowest BCUT2D eigenvalue weighted by Gasteiger charge is -2.19. The van der Waals surface area contributed by atoms with Gasteiger partial charge in [-0.2, -0.15) is 4.98 Å². The van der Waals surface area contributed by atoms with Gasteiger partial charge in [0.25, 0.3) is 0 Å². The maximum absolute atomic E-state index is 12.3. The summed E-state index contributed by atoms with van der Waals surface area (Å²) in [5, 5.41) is 9.06. The van der Waals surface area contributed by atoms with E-state index in [2.05, 4.69) is 21.5 Å². The van der Waals surface area contributed by atoms with Gasteiger partial charge in [0.15, 0.2) is 0 Å². The predicted octanol–water partition coefficient (Wildman–Crippen LogP) is 4.64. The third kappa shape index (κ3) is 3.85. The summed E-state index contributed by atoms with van der Waals surface area (Å²) in [6.45, 7) is 0. The fourth-order valence-corrected chi connectivity index (χ4v) is 4.02. The van der Waals surface area contributed by atoms with Crippen molar-refractivity contribution in [1.82, 2.24) is 10.1 Å². The van der Waals surface area contributed by atoms with Crippen LogP contribution in [-0.4, -0.2) is 16.0 Å². The number of hydrogen-bond donors (Lipinski definition) is 1. The number of nitrogens with zero attached hydrogens (tertiary/aromatic N) is 2. The highest BCUT2D eigenvalue weighted by Gasteiger charge is 2.15. The molecule has 6 heteroatoms. The first-order valence-corrected chi connectivity index (χ1v) is 9.94. The van der Waals surface area contributed by atoms with Gasteiger partial charge in [0, 0.05) is 18.5 Å². The summed E-state index contributed by atoms with van der Waals surface area (Å²) in [6.07, 6.45) is 6.35. The largest absolute Gasteiger partial charge is 0.339 e. The van der Waals surface area contributed by atoms with E-state index in [0.717, 1.165) is 23.4 Å². The summed E-state index contributed by atoms with van der Waals surface area (Å²) < 4.78 is 5.28. The van der Waals surface area contributed by atoms with Crippen LogP contribution in [0.3, 0.4) is 0 Å². The standard InChI is InChI=1S/C20H21N3O2S/c24-18(21-16-9-3-7-14-6-1-2-8-15(14)16)11-4-12-19-22-20(23-25-19)17-10-5-13-26-17/h3,5,7,9-10,13H,1-2,4,6,8,11-12H2,(H,21,24). The number of fused-ring (bicyclic) bond motifs is 1. The molecule has 1 aromatic carbocycles. The van der Waals surface area contributed by atoms with Gasteiger partial charge >= 0.3 is 0 Å². The number of thiophene rings is 1. The van der Waals surface area contributed by atoms with Crippen LogP contribution in [0.2, 0.25) is 0 Å². The fourth-order valence-electron chi connectivity index (χ4n) is 3.37. The molecule has 0 aliphatic heterocycles. The quantitative estimate of drug-likeness (QED) is 0.689. The second-order valence-electron chi connectivity index (χ2n) is 6.54. The molecule has 4 rings (SSSR count). The summed E-state index contributed by atoms with van der Waals surface area (Å²) >= 11 is 1.58. The molecule has 1 aliphatic carbocycles. The molecule has 0 bridgehead atoms. The van der Waals surface area contributed by atoms with Crippen molar-refractivity contribution in [2.24, 2.45) is 0 Å². The van der Waals surface area contributed by atoms with Crippen LogP contribution in [0.15, 0.2) is 40.2 Å². The second-order valence-corrected chi connectivity index (χ2v) is 7.49. The van der Waals surface area contributed by atoms with Gasteiger partial charge in [-0.1, -0.05) is 23.4 Å². The van der Waals surface area contributed by atoms with Crippen LogP contribution < -0.4 is 5.32 Å². The van der Waals surface area contributed by atoms with Crippen LogP contribution in [0.5, 0.6) is 0 Å². The molecule has 26 heavy (non-hydrogen) atoms. The number of aryl methyl sites for hydroxylation is 2. The first kappa shape index (κ1) is 17.0. The molecule has 2 aromatic heterocycles. The number of benzene rings is 1. The van der Waals surface area contributed by atoms with Gasteiger partial charge in [-0.25, -0.2) is 0 Å². The van der Waals surface area contributed by atoms with Gasteiger partial charge in [0.2, 0.25) is 17.6 Å². The molecule has 0 saturated carbocycles. The molecule has 134 valence electrons. The minimum Gasteiger partial charge on any atom is -0.339 e. The molecule has 3 aromatic rings. The zero-order valence-electron chi connectivity index (χ0n) is 14.5. The number of rotatable bonds is 6. The summed E-state index contributed by atoms with van der Waals surface area (Å²) in [5.41, 5.74) is 3.66. The second kappa shape index (κ2) is 7.83. The van der Waals surface area contributed by atoms with Gasteiger partial charge in [0.1, 0.15) is 0 Å². The van der Waals surface area contributed by atoms with Gasteiger partial charge in [-0.15, -0.1) is 11.3 Å². The van der Waals surface area contributed by atoms with E-state index in [1.54, 1.807) is 11.3 Å². The van der Waals surface area contributed by atoms with Crippen molar-refractivity contribution in [3.8, 4) is 10.7 Å². The zero-order chi connectivity index (χ0) is 17.8. The van der Waals surface area contributed by atoms with E-state index in [1.165, 1.54) is 24.0 Å². The van der Waals surface area contributed by atoms with E-state index in [4.69, 9.17) is 4.52 Å². The summed E-state index contributed by atoms with van der Waals surface area (Å²) in [7, 11) is 0. The van der Waals surface area contributed by atoms with Crippen molar-refractivity contribution in [3.63, 3.8) is 0 Å². The van der Waals surface area contributed by atoms with Crippen molar-refractivity contribution >= 4 is 22.9 Å². The number of amides is 1. The highest BCUT2D eigenvalue weighted by Crippen LogP contribution is 2.28. The molecule has 1 N–H and O–H groups in total. The van der Waals surface area contributed by atoms with Gasteiger partial charge in [0.05, 0.1) is 4.88 Å². The lowest BCUT2D eigenvalue weighted by molar-refractivity contribution is -0.116. The number of nitrogens with one attached hydrogen (secondary N) is 1. The van der Waals surface area contributed by atoms with Gasteiger partial charge < -0.3 is 9.84 Å². The highest BCUT2D eigenvalue weighted by molar-refractivity contribution is 7.13. The third-order valence-electron chi connectivity index (χ3n) is 4.67. The van der Waals surface area contributed by atoms with Crippen LogP contribution >= 0.6 is 11.3 Å². The molecule has 0 fully saturated rings. The summed E-state index contributed by atoms with van der Waals surface area (Å²) in [4.78, 5) is 17.7. The fraction of sp³-hybridized carbons (Fsp3) is 0.350. The number of aromatic nitrogens is 2. The molecule has 1 amide bonds. The van der Waals surface area contributed by atoms with E-state index in [-0.39, 0.29) is 5.91 Å². The highest BCUT2D eigenvalue weighted by atomic mass is 32.1. The maximum atomic E-state index is 12.3. The number of anilines is 1. The van der Waals surface area contributed by atoms with Crippen molar-refractivity contribution in [3.05, 3.63) is 52.7 Å². The van der Waals surface area contributed by atoms with Crippen molar-refractivity contribution in [2.45, 2.75) is 44.9 Å². The average Bonchev–Trinajstić information content (AvgIpc) is 3.34. The summed E-state index contributed by atoms with van der Waals surface area (Å²) in [5.74, 6) is 1.25. The van der Waals surface area contributed by atoms with Crippen molar-refractivity contribution < 1.29 is 9.32 Å². The monoisotopic (exact) mass is 367 g/mol. The average molecular weight is 367 g/mol. The van der Waals surface area contributed by atoms with E-state index < -0.39 is 0 Å². The number of carbonyl (C=O) groups is 1. The molecule has 0 unspecified atom stereocenters. The Kier molecular flexibility index (Phi) is 5.11. The molecule has 1 aliphatic rings. The van der Waals surface area contributed by atoms with Crippen LogP contribution in [0.25, 0.3) is 10.7 Å². The van der Waals surface area contributed by atoms with E-state index in [9.17, 15) is 4.79 Å². The molecule has 0 radical (unpaired) electrons. The first-order valence-electron chi connectivity index (χ1n) is 9.07. The molecule has 0 spiro atoms. The minimum atomic E-state index is 0.0435. The molecule has 2 heterocycles. The first-order chi connectivity index (χ1) is 12.8. The normalized spacial score (nSPS) is 13.4. The van der Waals surface area contributed by atoms with Gasteiger partial charge in [-0.3, -0.25) is 4.79 Å². The SMILES string of the molecule is O=C(CCCc1nc(-c2cccs2)no1)Nc1cccc2c1CCCC2.